The summed E-state index contributed by atoms with van der Waals surface area (Å²) in [6, 6.07) is 6.31. The highest BCUT2D eigenvalue weighted by Crippen LogP contribution is 2.44. The van der Waals surface area contributed by atoms with Crippen molar-refractivity contribution in [3.05, 3.63) is 23.8 Å². The van der Waals surface area contributed by atoms with E-state index < -0.39 is 5.60 Å². The van der Waals surface area contributed by atoms with Crippen molar-refractivity contribution in [3.8, 4) is 11.5 Å². The van der Waals surface area contributed by atoms with Crippen LogP contribution in [-0.2, 0) is 6.54 Å². The van der Waals surface area contributed by atoms with E-state index in [1.54, 1.807) is 0 Å². The Labute approximate surface area is 131 Å². The van der Waals surface area contributed by atoms with E-state index in [2.05, 4.69) is 11.4 Å². The second kappa shape index (κ2) is 5.74. The lowest BCUT2D eigenvalue weighted by molar-refractivity contribution is -0.0989. The van der Waals surface area contributed by atoms with Gasteiger partial charge in [0.1, 0.15) is 0 Å². The second-order valence-electron chi connectivity index (χ2n) is 6.99. The average molecular weight is 303 g/mol. The van der Waals surface area contributed by atoms with E-state index in [4.69, 9.17) is 9.47 Å². The number of nitrogens with one attached hydrogen (secondary N) is 1. The van der Waals surface area contributed by atoms with Crippen molar-refractivity contribution in [3.63, 3.8) is 0 Å². The summed E-state index contributed by atoms with van der Waals surface area (Å²) in [5.74, 6) is 2.15. The number of aliphatic hydroxyl groups is 1. The van der Waals surface area contributed by atoms with E-state index in [1.807, 2.05) is 12.1 Å². The van der Waals surface area contributed by atoms with E-state index in [-0.39, 0.29) is 6.04 Å². The molecule has 0 saturated heterocycles. The van der Waals surface area contributed by atoms with Gasteiger partial charge < -0.3 is 19.9 Å². The molecule has 4 rings (SSSR count). The van der Waals surface area contributed by atoms with E-state index in [9.17, 15) is 5.11 Å². The topological polar surface area (TPSA) is 50.7 Å². The standard InChI is InChI=1S/C18H25NO3/c20-18-9-2-1-4-14(18)5-3-6-17(18)19-11-13-7-8-15-16(10-13)22-12-21-15/h7-8,10,14,17,19-20H,1-6,9,11-12H2. The zero-order chi connectivity index (χ0) is 15.0. The first-order valence-corrected chi connectivity index (χ1v) is 8.60. The maximum Gasteiger partial charge on any atom is 0.231 e. The predicted molar refractivity (Wildman–Crippen MR) is 84.0 cm³/mol. The molecule has 0 spiro atoms. The number of benzene rings is 1. The Morgan fingerprint density at radius 2 is 1.95 bits per heavy atom. The van der Waals surface area contributed by atoms with Gasteiger partial charge in [-0.1, -0.05) is 25.3 Å². The van der Waals surface area contributed by atoms with Crippen molar-refractivity contribution in [2.75, 3.05) is 6.79 Å². The quantitative estimate of drug-likeness (QED) is 0.901. The first kappa shape index (κ1) is 14.3. The Kier molecular flexibility index (Phi) is 3.74. The lowest BCUT2D eigenvalue weighted by Crippen LogP contribution is -2.58. The lowest BCUT2D eigenvalue weighted by atomic mass is 9.65. The SMILES string of the molecule is OC12CCCCC1CCCC2NCc1ccc2c(c1)OCO2. The molecule has 0 amide bonds. The van der Waals surface area contributed by atoms with Crippen molar-refractivity contribution in [1.82, 2.24) is 5.32 Å². The summed E-state index contributed by atoms with van der Waals surface area (Å²) in [7, 11) is 0. The number of rotatable bonds is 3. The summed E-state index contributed by atoms with van der Waals surface area (Å²) in [6.07, 6.45) is 8.09. The number of hydrogen-bond donors (Lipinski definition) is 2. The van der Waals surface area contributed by atoms with Crippen molar-refractivity contribution < 1.29 is 14.6 Å². The smallest absolute Gasteiger partial charge is 0.231 e. The Morgan fingerprint density at radius 3 is 2.91 bits per heavy atom. The molecule has 3 unspecified atom stereocenters. The van der Waals surface area contributed by atoms with E-state index in [0.717, 1.165) is 37.3 Å². The third-order valence-electron chi connectivity index (χ3n) is 5.73. The number of hydrogen-bond acceptors (Lipinski definition) is 4. The van der Waals surface area contributed by atoms with Gasteiger partial charge in [0.05, 0.1) is 5.60 Å². The van der Waals surface area contributed by atoms with Crippen LogP contribution in [0.1, 0.15) is 50.5 Å². The molecule has 0 radical (unpaired) electrons. The van der Waals surface area contributed by atoms with Crippen molar-refractivity contribution in [1.29, 1.82) is 0 Å². The summed E-state index contributed by atoms with van der Waals surface area (Å²) in [6.45, 7) is 1.09. The highest BCUT2D eigenvalue weighted by molar-refractivity contribution is 5.44. The van der Waals surface area contributed by atoms with Crippen molar-refractivity contribution >= 4 is 0 Å². The first-order chi connectivity index (χ1) is 10.8. The lowest BCUT2D eigenvalue weighted by Gasteiger charge is -2.49. The molecule has 0 bridgehead atoms. The molecule has 2 saturated carbocycles. The van der Waals surface area contributed by atoms with Crippen LogP contribution in [0, 0.1) is 5.92 Å². The molecule has 2 fully saturated rings. The van der Waals surface area contributed by atoms with Gasteiger partial charge in [-0.05, 0) is 49.3 Å². The van der Waals surface area contributed by atoms with E-state index in [0.29, 0.717) is 12.7 Å². The highest BCUT2D eigenvalue weighted by Gasteiger charge is 2.46. The molecule has 120 valence electrons. The van der Waals surface area contributed by atoms with Gasteiger partial charge in [0.2, 0.25) is 6.79 Å². The fourth-order valence-corrected chi connectivity index (χ4v) is 4.50. The monoisotopic (exact) mass is 303 g/mol. The minimum atomic E-state index is -0.493. The van der Waals surface area contributed by atoms with Gasteiger partial charge >= 0.3 is 0 Å². The van der Waals surface area contributed by atoms with Gasteiger partial charge in [-0.25, -0.2) is 0 Å². The zero-order valence-corrected chi connectivity index (χ0v) is 13.0. The van der Waals surface area contributed by atoms with Crippen molar-refractivity contribution in [2.45, 2.75) is 63.1 Å². The minimum absolute atomic E-state index is 0.219. The molecule has 2 N–H and O–H groups in total. The number of fused-ring (bicyclic) bond motifs is 2. The van der Waals surface area contributed by atoms with Crippen LogP contribution in [0.5, 0.6) is 11.5 Å². The van der Waals surface area contributed by atoms with Crippen LogP contribution in [-0.4, -0.2) is 23.5 Å². The molecule has 1 aliphatic heterocycles. The third-order valence-corrected chi connectivity index (χ3v) is 5.73. The molecular weight excluding hydrogens is 278 g/mol. The Balaban J connectivity index is 1.44. The van der Waals surface area contributed by atoms with Crippen molar-refractivity contribution in [2.24, 2.45) is 5.92 Å². The minimum Gasteiger partial charge on any atom is -0.454 e. The second-order valence-corrected chi connectivity index (χ2v) is 6.99. The summed E-state index contributed by atoms with van der Waals surface area (Å²) in [5, 5.41) is 14.8. The largest absolute Gasteiger partial charge is 0.454 e. The van der Waals surface area contributed by atoms with Gasteiger partial charge in [0, 0.05) is 12.6 Å². The molecular formula is C18H25NO3. The molecule has 0 aromatic heterocycles. The first-order valence-electron chi connectivity index (χ1n) is 8.60. The van der Waals surface area contributed by atoms with E-state index in [1.165, 1.54) is 31.2 Å². The zero-order valence-electron chi connectivity index (χ0n) is 13.0. The van der Waals surface area contributed by atoms with Crippen LogP contribution in [0.2, 0.25) is 0 Å². The van der Waals surface area contributed by atoms with E-state index >= 15 is 0 Å². The van der Waals surface area contributed by atoms with Crippen LogP contribution in [0.15, 0.2) is 18.2 Å². The van der Waals surface area contributed by atoms with Gasteiger partial charge in [0.25, 0.3) is 0 Å². The van der Waals surface area contributed by atoms with Gasteiger partial charge in [0.15, 0.2) is 11.5 Å². The van der Waals surface area contributed by atoms with Crippen LogP contribution < -0.4 is 14.8 Å². The van der Waals surface area contributed by atoms with Gasteiger partial charge in [-0.3, -0.25) is 0 Å². The van der Waals surface area contributed by atoms with Crippen LogP contribution in [0.4, 0.5) is 0 Å². The summed E-state index contributed by atoms with van der Waals surface area (Å²) < 4.78 is 10.8. The maximum absolute atomic E-state index is 11.2. The molecule has 3 atom stereocenters. The third kappa shape index (κ3) is 2.48. The molecule has 3 aliphatic rings. The highest BCUT2D eigenvalue weighted by atomic mass is 16.7. The molecule has 1 heterocycles. The fraction of sp³-hybridized carbons (Fsp3) is 0.667. The summed E-state index contributed by atoms with van der Waals surface area (Å²) in [4.78, 5) is 0. The Bertz CT molecular complexity index is 545. The Hall–Kier alpha value is -1.26. The van der Waals surface area contributed by atoms with Gasteiger partial charge in [-0.15, -0.1) is 0 Å². The molecule has 1 aromatic rings. The van der Waals surface area contributed by atoms with Gasteiger partial charge in [-0.2, -0.15) is 0 Å². The number of ether oxygens (including phenoxy) is 2. The molecule has 4 heteroatoms. The summed E-state index contributed by atoms with van der Waals surface area (Å²) >= 11 is 0. The van der Waals surface area contributed by atoms with Crippen LogP contribution in [0.25, 0.3) is 0 Å². The normalized spacial score (nSPS) is 33.5. The van der Waals surface area contributed by atoms with Crippen LogP contribution in [0.3, 0.4) is 0 Å². The Morgan fingerprint density at radius 1 is 1.09 bits per heavy atom. The molecule has 2 aliphatic carbocycles. The molecule has 22 heavy (non-hydrogen) atoms. The predicted octanol–water partition coefficient (Wildman–Crippen LogP) is 2.98. The van der Waals surface area contributed by atoms with Crippen LogP contribution >= 0.6 is 0 Å². The molecule has 1 aromatic carbocycles. The maximum atomic E-state index is 11.2. The fourth-order valence-electron chi connectivity index (χ4n) is 4.50. The average Bonchev–Trinajstić information content (AvgIpc) is 3.00. The summed E-state index contributed by atoms with van der Waals surface area (Å²) in [5.41, 5.74) is 0.693. The molecule has 4 nitrogen and oxygen atoms in total.